The zero-order valence-electron chi connectivity index (χ0n) is 15.3. The second kappa shape index (κ2) is 8.52. The molecule has 0 bridgehead atoms. The van der Waals surface area contributed by atoms with Crippen molar-refractivity contribution < 1.29 is 0 Å². The number of nitrogens with zero attached hydrogens (tertiary/aromatic N) is 2. The molecule has 136 valence electrons. The third kappa shape index (κ3) is 3.83. The lowest BCUT2D eigenvalue weighted by molar-refractivity contribution is 0.767. The van der Waals surface area contributed by atoms with E-state index in [2.05, 4.69) is 102 Å². The van der Waals surface area contributed by atoms with E-state index in [0.29, 0.717) is 0 Å². The second-order valence-electron chi connectivity index (χ2n) is 6.50. The number of halogens is 1. The maximum absolute atomic E-state index is 4.42. The Hall–Kier alpha value is -2.41. The molecule has 0 fully saturated rings. The Bertz CT molecular complexity index is 872. The Kier molecular flexibility index (Phi) is 6.11. The number of benzene rings is 3. The largest absolute Gasteiger partial charge is 0.275 e. The molecule has 1 heterocycles. The van der Waals surface area contributed by atoms with Gasteiger partial charge in [0.25, 0.3) is 0 Å². The highest BCUT2D eigenvalue weighted by atomic mass is 35.5. The Morgan fingerprint density at radius 1 is 0.704 bits per heavy atom. The highest BCUT2D eigenvalue weighted by Gasteiger charge is 2.45. The Labute approximate surface area is 167 Å². The highest BCUT2D eigenvalue weighted by Crippen LogP contribution is 2.58. The maximum atomic E-state index is 4.42. The van der Waals surface area contributed by atoms with Gasteiger partial charge in [-0.05, 0) is 36.4 Å². The van der Waals surface area contributed by atoms with Crippen molar-refractivity contribution in [3.63, 3.8) is 0 Å². The molecule has 0 unspecified atom stereocenters. The lowest BCUT2D eigenvalue weighted by atomic mass is 10.3. The summed E-state index contributed by atoms with van der Waals surface area (Å²) in [6.45, 7) is 0. The van der Waals surface area contributed by atoms with Gasteiger partial charge in [-0.2, -0.15) is 5.10 Å². The van der Waals surface area contributed by atoms with Gasteiger partial charge >= 0.3 is 0 Å². The molecule has 0 radical (unpaired) electrons. The fourth-order valence-corrected chi connectivity index (χ4v) is 7.79. The van der Waals surface area contributed by atoms with Crippen LogP contribution >= 0.6 is 19.7 Å². The molecule has 4 heteroatoms. The van der Waals surface area contributed by atoms with Gasteiger partial charge in [-0.3, -0.25) is 4.68 Å². The van der Waals surface area contributed by atoms with Gasteiger partial charge in [-0.1, -0.05) is 54.6 Å². The van der Waals surface area contributed by atoms with Crippen molar-refractivity contribution >= 4 is 35.6 Å². The minimum absolute atomic E-state index is 0. The van der Waals surface area contributed by atoms with E-state index in [1.165, 1.54) is 21.5 Å². The molecule has 0 aliphatic heterocycles. The van der Waals surface area contributed by atoms with Crippen LogP contribution in [0.3, 0.4) is 0 Å². The molecule has 0 aliphatic carbocycles. The van der Waals surface area contributed by atoms with Crippen LogP contribution in [0.5, 0.6) is 0 Å². The van der Waals surface area contributed by atoms with Gasteiger partial charge in [0.15, 0.2) is 0 Å². The lowest BCUT2D eigenvalue weighted by Crippen LogP contribution is -2.32. The molecule has 0 saturated carbocycles. The molecule has 0 saturated heterocycles. The summed E-state index contributed by atoms with van der Waals surface area (Å²) in [5, 5.41) is 8.63. The third-order valence-corrected chi connectivity index (χ3v) is 9.15. The van der Waals surface area contributed by atoms with Crippen molar-refractivity contribution in [1.29, 1.82) is 0 Å². The van der Waals surface area contributed by atoms with Gasteiger partial charge in [-0.25, -0.2) is 0 Å². The summed E-state index contributed by atoms with van der Waals surface area (Å²) >= 11 is 0. The van der Waals surface area contributed by atoms with E-state index in [1.807, 2.05) is 17.9 Å². The van der Waals surface area contributed by atoms with Crippen LogP contribution in [0.25, 0.3) is 0 Å². The van der Waals surface area contributed by atoms with E-state index >= 15 is 0 Å². The number of aromatic nitrogens is 2. The first kappa shape index (κ1) is 19.4. The van der Waals surface area contributed by atoms with Crippen LogP contribution in [-0.4, -0.2) is 9.78 Å². The monoisotopic (exact) mass is 393 g/mol. The second-order valence-corrected chi connectivity index (χ2v) is 9.98. The van der Waals surface area contributed by atoms with Gasteiger partial charge in [0, 0.05) is 18.8 Å². The first-order chi connectivity index (χ1) is 12.8. The molecule has 0 N–H and O–H groups in total. The van der Waals surface area contributed by atoms with Gasteiger partial charge in [-0.15, -0.1) is 12.4 Å². The topological polar surface area (TPSA) is 17.8 Å². The standard InChI is InChI=1S/C23H22N2P.ClH/c1-25-18-20(17-24-25)19-26(21-11-5-2-6-12-21,22-13-7-3-8-14-22)23-15-9-4-10-16-23;/h2-18H,19H2,1H3;1H/q+1;. The molecule has 0 aliphatic rings. The summed E-state index contributed by atoms with van der Waals surface area (Å²) < 4.78 is 1.89. The summed E-state index contributed by atoms with van der Waals surface area (Å²) in [5.41, 5.74) is 1.28. The molecule has 27 heavy (non-hydrogen) atoms. The first-order valence-corrected chi connectivity index (χ1v) is 10.8. The quantitative estimate of drug-likeness (QED) is 0.461. The highest BCUT2D eigenvalue weighted by molar-refractivity contribution is 7.95. The van der Waals surface area contributed by atoms with Crippen LogP contribution < -0.4 is 15.9 Å². The van der Waals surface area contributed by atoms with Gasteiger partial charge < -0.3 is 0 Å². The molecule has 0 atom stereocenters. The van der Waals surface area contributed by atoms with Gasteiger partial charge in [0.2, 0.25) is 0 Å². The summed E-state index contributed by atoms with van der Waals surface area (Å²) in [6, 6.07) is 32.9. The lowest BCUT2D eigenvalue weighted by Gasteiger charge is -2.27. The predicted octanol–water partition coefficient (Wildman–Crippen LogP) is 4.34. The van der Waals surface area contributed by atoms with Crippen LogP contribution in [0, 0.1) is 0 Å². The average Bonchev–Trinajstić information content (AvgIpc) is 3.13. The molecule has 0 amide bonds. The van der Waals surface area contributed by atoms with Gasteiger partial charge in [0.1, 0.15) is 29.3 Å². The molecule has 3 aromatic carbocycles. The molecule has 1 aromatic heterocycles. The minimum Gasteiger partial charge on any atom is -0.275 e. The fraction of sp³-hybridized carbons (Fsp3) is 0.0870. The van der Waals surface area contributed by atoms with Crippen molar-refractivity contribution in [2.45, 2.75) is 6.16 Å². The van der Waals surface area contributed by atoms with Crippen molar-refractivity contribution in [3.05, 3.63) is 109 Å². The normalized spacial score (nSPS) is 11.0. The van der Waals surface area contributed by atoms with Crippen LogP contribution in [0.15, 0.2) is 103 Å². The van der Waals surface area contributed by atoms with Crippen molar-refractivity contribution in [2.24, 2.45) is 7.05 Å². The Balaban J connectivity index is 0.00000210. The fourth-order valence-electron chi connectivity index (χ4n) is 3.60. The van der Waals surface area contributed by atoms with Crippen LogP contribution in [0.1, 0.15) is 5.56 Å². The molecular weight excluding hydrogens is 371 g/mol. The predicted molar refractivity (Wildman–Crippen MR) is 119 cm³/mol. The van der Waals surface area contributed by atoms with E-state index in [1.54, 1.807) is 0 Å². The average molecular weight is 394 g/mol. The number of hydrogen-bond donors (Lipinski definition) is 0. The number of hydrogen-bond acceptors (Lipinski definition) is 1. The van der Waals surface area contributed by atoms with Crippen molar-refractivity contribution in [1.82, 2.24) is 9.78 Å². The molecular formula is C23H23ClN2P+. The van der Waals surface area contributed by atoms with E-state index in [0.717, 1.165) is 6.16 Å². The van der Waals surface area contributed by atoms with Gasteiger partial charge in [0.05, 0.1) is 6.20 Å². The molecule has 2 nitrogen and oxygen atoms in total. The summed E-state index contributed by atoms with van der Waals surface area (Å²) in [6.07, 6.45) is 5.12. The van der Waals surface area contributed by atoms with E-state index < -0.39 is 7.26 Å². The smallest absolute Gasteiger partial charge is 0.116 e. The summed E-state index contributed by atoms with van der Waals surface area (Å²) in [5.74, 6) is 0. The third-order valence-electron chi connectivity index (χ3n) is 4.77. The summed E-state index contributed by atoms with van der Waals surface area (Å²) in [7, 11) is 0.168. The molecule has 4 aromatic rings. The summed E-state index contributed by atoms with van der Waals surface area (Å²) in [4.78, 5) is 0. The van der Waals surface area contributed by atoms with Crippen molar-refractivity contribution in [2.75, 3.05) is 0 Å². The van der Waals surface area contributed by atoms with E-state index in [9.17, 15) is 0 Å². The van der Waals surface area contributed by atoms with E-state index in [4.69, 9.17) is 0 Å². The SMILES string of the molecule is Cl.Cn1cc(C[P+](c2ccccc2)(c2ccccc2)c2ccccc2)cn1. The van der Waals surface area contributed by atoms with E-state index in [-0.39, 0.29) is 12.4 Å². The van der Waals surface area contributed by atoms with Crippen LogP contribution in [0.2, 0.25) is 0 Å². The number of rotatable bonds is 5. The Morgan fingerprint density at radius 2 is 1.11 bits per heavy atom. The minimum atomic E-state index is -1.82. The zero-order valence-corrected chi connectivity index (χ0v) is 17.0. The van der Waals surface area contributed by atoms with Crippen LogP contribution in [0.4, 0.5) is 0 Å². The van der Waals surface area contributed by atoms with Crippen molar-refractivity contribution in [3.8, 4) is 0 Å². The number of aryl methyl sites for hydroxylation is 1. The zero-order chi connectivity index (χ0) is 17.8. The first-order valence-electron chi connectivity index (χ1n) is 8.81. The van der Waals surface area contributed by atoms with Crippen LogP contribution in [-0.2, 0) is 13.2 Å². The molecule has 0 spiro atoms. The Morgan fingerprint density at radius 3 is 1.44 bits per heavy atom. The molecule has 4 rings (SSSR count). The maximum Gasteiger partial charge on any atom is 0.116 e.